The maximum atomic E-state index is 14.5. The largest absolute Gasteiger partial charge is 0.393 e. The van der Waals surface area contributed by atoms with E-state index in [2.05, 4.69) is 9.80 Å². The van der Waals surface area contributed by atoms with Crippen LogP contribution in [0.25, 0.3) is 0 Å². The normalized spacial score (nSPS) is 32.5. The van der Waals surface area contributed by atoms with Crippen LogP contribution in [0.4, 0.5) is 10.1 Å². The number of halogens is 1. The molecule has 5 heteroatoms. The van der Waals surface area contributed by atoms with Gasteiger partial charge in [-0.15, -0.1) is 0 Å². The fourth-order valence-electron chi connectivity index (χ4n) is 5.15. The minimum atomic E-state index is -0.356. The molecular formula is C21H29FN2O2. The predicted molar refractivity (Wildman–Crippen MR) is 99.6 cm³/mol. The standard InChI is InChI=1S/C21H29FN2O2/c1-15-3-8-19(18(22)13-15)23-11-2-9-21(14-23)10-12-24(20(21)26)16-4-6-17(25)7-5-16/h3,8,13,16-17,25H,2,4-7,9-12,14H2,1H3/t16-,17-,21-/m1/s1. The molecule has 142 valence electrons. The summed E-state index contributed by atoms with van der Waals surface area (Å²) < 4.78 is 14.5. The second-order valence-electron chi connectivity index (χ2n) is 8.47. The molecule has 1 N–H and O–H groups in total. The highest BCUT2D eigenvalue weighted by molar-refractivity contribution is 5.86. The van der Waals surface area contributed by atoms with E-state index >= 15 is 0 Å². The van der Waals surface area contributed by atoms with Gasteiger partial charge in [-0.3, -0.25) is 4.79 Å². The molecule has 1 atom stereocenters. The lowest BCUT2D eigenvalue weighted by molar-refractivity contribution is -0.139. The van der Waals surface area contributed by atoms with Crippen molar-refractivity contribution in [3.8, 4) is 0 Å². The first-order valence-corrected chi connectivity index (χ1v) is 9.99. The van der Waals surface area contributed by atoms with Crippen molar-refractivity contribution in [2.24, 2.45) is 5.41 Å². The molecule has 1 aliphatic carbocycles. The summed E-state index contributed by atoms with van der Waals surface area (Å²) in [7, 11) is 0. The van der Waals surface area contributed by atoms with Gasteiger partial charge >= 0.3 is 0 Å². The molecule has 2 heterocycles. The maximum absolute atomic E-state index is 14.5. The number of rotatable bonds is 2. The molecule has 1 amide bonds. The molecule has 3 aliphatic rings. The van der Waals surface area contributed by atoms with Gasteiger partial charge in [0.15, 0.2) is 0 Å². The third kappa shape index (κ3) is 3.11. The Balaban J connectivity index is 1.50. The van der Waals surface area contributed by atoms with Crippen LogP contribution in [0.5, 0.6) is 0 Å². The van der Waals surface area contributed by atoms with Gasteiger partial charge in [0.2, 0.25) is 5.91 Å². The average Bonchev–Trinajstić information content (AvgIpc) is 2.92. The third-order valence-corrected chi connectivity index (χ3v) is 6.67. The molecule has 0 bridgehead atoms. The Morgan fingerprint density at radius 2 is 1.92 bits per heavy atom. The lowest BCUT2D eigenvalue weighted by Gasteiger charge is -2.41. The van der Waals surface area contributed by atoms with Gasteiger partial charge in [-0.2, -0.15) is 0 Å². The molecule has 0 aromatic heterocycles. The highest BCUT2D eigenvalue weighted by Gasteiger charge is 2.50. The lowest BCUT2D eigenvalue weighted by atomic mass is 9.78. The van der Waals surface area contributed by atoms with Crippen molar-refractivity contribution in [1.29, 1.82) is 0 Å². The van der Waals surface area contributed by atoms with Crippen LogP contribution in [0.2, 0.25) is 0 Å². The molecule has 2 aliphatic heterocycles. The summed E-state index contributed by atoms with van der Waals surface area (Å²) in [5.74, 6) is 0.0710. The average molecular weight is 360 g/mol. The number of hydrogen-bond acceptors (Lipinski definition) is 3. The monoisotopic (exact) mass is 360 g/mol. The van der Waals surface area contributed by atoms with Gasteiger partial charge in [-0.1, -0.05) is 6.07 Å². The summed E-state index contributed by atoms with van der Waals surface area (Å²) in [5.41, 5.74) is 1.19. The Morgan fingerprint density at radius 1 is 1.15 bits per heavy atom. The molecule has 0 unspecified atom stereocenters. The number of aliphatic hydroxyl groups is 1. The first-order chi connectivity index (χ1) is 12.5. The van der Waals surface area contributed by atoms with E-state index in [1.54, 1.807) is 6.07 Å². The minimum absolute atomic E-state index is 0.189. The number of piperidine rings is 1. The maximum Gasteiger partial charge on any atom is 0.230 e. The van der Waals surface area contributed by atoms with Gasteiger partial charge in [0.25, 0.3) is 0 Å². The first-order valence-electron chi connectivity index (χ1n) is 9.99. The quantitative estimate of drug-likeness (QED) is 0.880. The number of amides is 1. The number of nitrogens with zero attached hydrogens (tertiary/aromatic N) is 2. The molecule has 1 spiro atoms. The second kappa shape index (κ2) is 6.84. The zero-order valence-corrected chi connectivity index (χ0v) is 15.6. The van der Waals surface area contributed by atoms with Gasteiger partial charge in [0, 0.05) is 25.7 Å². The highest BCUT2D eigenvalue weighted by atomic mass is 19.1. The fourth-order valence-corrected chi connectivity index (χ4v) is 5.15. The Kier molecular flexibility index (Phi) is 4.68. The van der Waals surface area contributed by atoms with E-state index in [0.29, 0.717) is 12.2 Å². The summed E-state index contributed by atoms with van der Waals surface area (Å²) in [6.07, 6.45) is 5.89. The van der Waals surface area contributed by atoms with Gasteiger partial charge in [-0.25, -0.2) is 4.39 Å². The van der Waals surface area contributed by atoms with E-state index < -0.39 is 0 Å². The van der Waals surface area contributed by atoms with Crippen LogP contribution in [-0.2, 0) is 4.79 Å². The van der Waals surface area contributed by atoms with E-state index in [0.717, 1.165) is 63.6 Å². The van der Waals surface area contributed by atoms with Crippen molar-refractivity contribution in [3.05, 3.63) is 29.6 Å². The molecule has 26 heavy (non-hydrogen) atoms. The number of anilines is 1. The van der Waals surface area contributed by atoms with Crippen molar-refractivity contribution >= 4 is 11.6 Å². The topological polar surface area (TPSA) is 43.8 Å². The zero-order chi connectivity index (χ0) is 18.3. The van der Waals surface area contributed by atoms with Crippen molar-refractivity contribution in [1.82, 2.24) is 4.90 Å². The molecule has 4 rings (SSSR count). The number of aryl methyl sites for hydroxylation is 1. The SMILES string of the molecule is Cc1ccc(N2CCC[C@@]3(CCN([C@H]4CC[C@H](O)CC4)C3=O)C2)c(F)c1. The van der Waals surface area contributed by atoms with Gasteiger partial charge in [-0.05, 0) is 69.6 Å². The molecule has 0 radical (unpaired) electrons. The zero-order valence-electron chi connectivity index (χ0n) is 15.6. The summed E-state index contributed by atoms with van der Waals surface area (Å²) in [5, 5.41) is 9.74. The molecule has 1 aromatic carbocycles. The van der Waals surface area contributed by atoms with Crippen LogP contribution >= 0.6 is 0 Å². The highest BCUT2D eigenvalue weighted by Crippen LogP contribution is 2.43. The Labute approximate surface area is 155 Å². The third-order valence-electron chi connectivity index (χ3n) is 6.67. The summed E-state index contributed by atoms with van der Waals surface area (Å²) in [6, 6.07) is 5.64. The number of carbonyl (C=O) groups is 1. The number of benzene rings is 1. The van der Waals surface area contributed by atoms with Crippen molar-refractivity contribution in [3.63, 3.8) is 0 Å². The van der Waals surface area contributed by atoms with E-state index in [4.69, 9.17) is 0 Å². The van der Waals surface area contributed by atoms with Crippen molar-refractivity contribution in [2.45, 2.75) is 64.0 Å². The van der Waals surface area contributed by atoms with Crippen LogP contribution in [0.15, 0.2) is 18.2 Å². The first kappa shape index (κ1) is 17.8. The van der Waals surface area contributed by atoms with Crippen LogP contribution in [-0.4, -0.2) is 47.7 Å². The molecule has 2 saturated heterocycles. The number of carbonyl (C=O) groups excluding carboxylic acids is 1. The van der Waals surface area contributed by atoms with E-state index in [-0.39, 0.29) is 29.3 Å². The number of aliphatic hydroxyl groups excluding tert-OH is 1. The van der Waals surface area contributed by atoms with Crippen LogP contribution < -0.4 is 4.90 Å². The molecule has 1 saturated carbocycles. The van der Waals surface area contributed by atoms with E-state index in [9.17, 15) is 14.3 Å². The molecule has 3 fully saturated rings. The number of likely N-dealkylation sites (tertiary alicyclic amines) is 1. The van der Waals surface area contributed by atoms with Gasteiger partial charge < -0.3 is 14.9 Å². The van der Waals surface area contributed by atoms with Crippen LogP contribution in [0, 0.1) is 18.2 Å². The minimum Gasteiger partial charge on any atom is -0.393 e. The van der Waals surface area contributed by atoms with Gasteiger partial charge in [0.05, 0.1) is 17.2 Å². The van der Waals surface area contributed by atoms with Crippen LogP contribution in [0.3, 0.4) is 0 Å². The van der Waals surface area contributed by atoms with Crippen molar-refractivity contribution in [2.75, 3.05) is 24.5 Å². The van der Waals surface area contributed by atoms with Crippen LogP contribution in [0.1, 0.15) is 50.5 Å². The summed E-state index contributed by atoms with van der Waals surface area (Å²) in [4.78, 5) is 17.5. The molecule has 1 aromatic rings. The van der Waals surface area contributed by atoms with E-state index in [1.165, 1.54) is 0 Å². The lowest BCUT2D eigenvalue weighted by Crippen LogP contribution is -2.50. The fraction of sp³-hybridized carbons (Fsp3) is 0.667. The Hall–Kier alpha value is -1.62. The second-order valence-corrected chi connectivity index (χ2v) is 8.47. The summed E-state index contributed by atoms with van der Waals surface area (Å²) >= 11 is 0. The molecule has 4 nitrogen and oxygen atoms in total. The Morgan fingerprint density at radius 3 is 2.65 bits per heavy atom. The Bertz CT molecular complexity index is 687. The smallest absolute Gasteiger partial charge is 0.230 e. The van der Waals surface area contributed by atoms with E-state index in [1.807, 2.05) is 19.1 Å². The summed E-state index contributed by atoms with van der Waals surface area (Å²) in [6.45, 7) is 4.14. The number of hydrogen-bond donors (Lipinski definition) is 1. The van der Waals surface area contributed by atoms with Crippen molar-refractivity contribution < 1.29 is 14.3 Å². The predicted octanol–water partition coefficient (Wildman–Crippen LogP) is 3.26. The van der Waals surface area contributed by atoms with Gasteiger partial charge in [0.1, 0.15) is 5.82 Å². The molecular weight excluding hydrogens is 331 g/mol.